The summed E-state index contributed by atoms with van der Waals surface area (Å²) < 4.78 is 58.9. The highest BCUT2D eigenvalue weighted by Gasteiger charge is 2.03. The first-order valence-electron chi connectivity index (χ1n) is 13.8. The van der Waals surface area contributed by atoms with Crippen molar-refractivity contribution in [1.82, 2.24) is 0 Å². The van der Waals surface area contributed by atoms with Crippen molar-refractivity contribution < 1.29 is 35.1 Å². The lowest BCUT2D eigenvalue weighted by Crippen LogP contribution is -2.34. The minimum absolute atomic E-state index is 0.604. The van der Waals surface area contributed by atoms with Crippen LogP contribution in [-0.2, 0) is 33.3 Å². The molecule has 4 aromatic rings. The molecule has 0 aliphatic rings. The molecule has 10 nitrogen and oxygen atoms in total. The Kier molecular flexibility index (Phi) is 16.6. The Balaban J connectivity index is 0.000000642. The molecule has 246 valence electrons. The number of rotatable bonds is 11. The molecule has 0 aliphatic carbocycles. The number of anilines is 2. The molecule has 4 rings (SSSR count). The molecule has 2 heterocycles. The second-order valence-corrected chi connectivity index (χ2v) is 15.3. The number of hydrogen-bond acceptors (Lipinski definition) is 10. The van der Waals surface area contributed by atoms with Crippen molar-refractivity contribution >= 4 is 77.5 Å². The van der Waals surface area contributed by atoms with Crippen LogP contribution in [0.4, 0.5) is 11.4 Å². The minimum atomic E-state index is -3.92. The molecule has 0 atom stereocenters. The lowest BCUT2D eigenvalue weighted by atomic mass is 10.1. The number of nitrogen functional groups attached to an aromatic ring is 2. The average molecular weight is 703 g/mol. The molecule has 0 fully saturated rings. The van der Waals surface area contributed by atoms with E-state index in [1.807, 2.05) is 70.1 Å². The van der Waals surface area contributed by atoms with Gasteiger partial charge in [0.15, 0.2) is 37.9 Å². The second-order valence-electron chi connectivity index (χ2n) is 9.79. The summed E-state index contributed by atoms with van der Waals surface area (Å²) >= 11 is 0. The molecule has 0 unspecified atom stereocenters. The standard InChI is InChI=1S/C30H30N4S2.2CH4O3S/c31-29-9-5-25(6-10-29)1-3-27-13-17-33(18-14-27)21-23-35-36-24-22-34-19-15-28(16-20-34)4-2-26-7-11-30(32)12-8-26;2*1-5(2,3)4/h1-20,31-32H,21-24H2;2*1H3,(H,2,3,4). The van der Waals surface area contributed by atoms with Gasteiger partial charge in [-0.05, 0) is 46.5 Å². The Labute approximate surface area is 279 Å². The summed E-state index contributed by atoms with van der Waals surface area (Å²) in [5, 5.41) is 0. The molecule has 4 N–H and O–H groups in total. The first-order chi connectivity index (χ1) is 21.6. The van der Waals surface area contributed by atoms with E-state index in [1.165, 1.54) is 11.1 Å². The number of nitrogens with zero attached hydrogens (tertiary/aromatic N) is 2. The summed E-state index contributed by atoms with van der Waals surface area (Å²) in [6.45, 7) is 2.00. The van der Waals surface area contributed by atoms with Gasteiger partial charge >= 0.3 is 0 Å². The third-order valence-corrected chi connectivity index (χ3v) is 7.96. The Hall–Kier alpha value is -3.66. The lowest BCUT2D eigenvalue weighted by Gasteiger charge is -2.00. The highest BCUT2D eigenvalue weighted by molar-refractivity contribution is 8.76. The molecule has 0 bridgehead atoms. The highest BCUT2D eigenvalue weighted by atomic mass is 33.1. The fourth-order valence-corrected chi connectivity index (χ4v) is 5.42. The van der Waals surface area contributed by atoms with E-state index in [4.69, 9.17) is 37.4 Å². The molecule has 14 heteroatoms. The number of aryl methyl sites for hydroxylation is 2. The number of pyridine rings is 2. The van der Waals surface area contributed by atoms with Crippen LogP contribution >= 0.6 is 21.6 Å². The van der Waals surface area contributed by atoms with Gasteiger partial charge < -0.3 is 20.6 Å². The van der Waals surface area contributed by atoms with E-state index in [-0.39, 0.29) is 0 Å². The largest absolute Gasteiger partial charge is 0.748 e. The Morgan fingerprint density at radius 2 is 0.783 bits per heavy atom. The van der Waals surface area contributed by atoms with Crippen LogP contribution in [0.3, 0.4) is 0 Å². The topological polar surface area (TPSA) is 174 Å². The third-order valence-electron chi connectivity index (χ3n) is 5.59. The molecule has 0 saturated heterocycles. The van der Waals surface area contributed by atoms with Crippen LogP contribution in [0.5, 0.6) is 0 Å². The first kappa shape index (κ1) is 38.5. The lowest BCUT2D eigenvalue weighted by molar-refractivity contribution is -0.692. The number of benzene rings is 2. The van der Waals surface area contributed by atoms with Crippen LogP contribution in [0.25, 0.3) is 24.3 Å². The SMILES string of the molecule is CS(=O)(=O)[O-].CS(=O)(=O)[O-].Nc1ccc(/C=C/c2cc[n+](CCSSCC[n+]3ccc(/C=C/c4ccc(N)cc4)cc3)cc2)cc1. The molecular weight excluding hydrogens is 665 g/mol. The predicted octanol–water partition coefficient (Wildman–Crippen LogP) is 4.17. The van der Waals surface area contributed by atoms with Crippen LogP contribution in [-0.4, -0.2) is 50.0 Å². The normalized spacial score (nSPS) is 11.5. The quantitative estimate of drug-likeness (QED) is 0.0759. The van der Waals surface area contributed by atoms with E-state index >= 15 is 0 Å². The van der Waals surface area contributed by atoms with E-state index < -0.39 is 20.2 Å². The maximum atomic E-state index is 9.08. The zero-order valence-corrected chi connectivity index (χ0v) is 28.8. The van der Waals surface area contributed by atoms with E-state index in [9.17, 15) is 0 Å². The van der Waals surface area contributed by atoms with Gasteiger partial charge in [-0.3, -0.25) is 0 Å². The van der Waals surface area contributed by atoms with Crippen molar-refractivity contribution in [3.8, 4) is 0 Å². The molecule has 0 spiro atoms. The second kappa shape index (κ2) is 19.8. The van der Waals surface area contributed by atoms with Crippen LogP contribution in [0.15, 0.2) is 97.6 Å². The van der Waals surface area contributed by atoms with Crippen LogP contribution in [0, 0.1) is 0 Å². The van der Waals surface area contributed by atoms with E-state index in [1.54, 1.807) is 0 Å². The van der Waals surface area contributed by atoms with Gasteiger partial charge in [-0.2, -0.15) is 0 Å². The van der Waals surface area contributed by atoms with Crippen molar-refractivity contribution in [3.63, 3.8) is 0 Å². The summed E-state index contributed by atoms with van der Waals surface area (Å²) in [5.41, 5.74) is 17.7. The monoisotopic (exact) mass is 702 g/mol. The van der Waals surface area contributed by atoms with Crippen LogP contribution < -0.4 is 20.6 Å². The van der Waals surface area contributed by atoms with Gasteiger partial charge in [0.2, 0.25) is 0 Å². The number of aromatic nitrogens is 2. The van der Waals surface area contributed by atoms with E-state index in [0.717, 1.165) is 47.1 Å². The van der Waals surface area contributed by atoms with E-state index in [2.05, 4.69) is 82.5 Å². The van der Waals surface area contributed by atoms with E-state index in [0.29, 0.717) is 12.5 Å². The zero-order valence-electron chi connectivity index (χ0n) is 25.5. The third kappa shape index (κ3) is 20.4. The van der Waals surface area contributed by atoms with Crippen molar-refractivity contribution in [1.29, 1.82) is 0 Å². The molecule has 0 amide bonds. The van der Waals surface area contributed by atoms with Gasteiger partial charge in [-0.15, -0.1) is 0 Å². The fraction of sp³-hybridized carbons (Fsp3) is 0.188. The van der Waals surface area contributed by atoms with Crippen molar-refractivity contribution in [3.05, 3.63) is 120 Å². The van der Waals surface area contributed by atoms with Gasteiger partial charge in [-0.25, -0.2) is 26.0 Å². The van der Waals surface area contributed by atoms with Crippen molar-refractivity contribution in [2.45, 2.75) is 13.1 Å². The van der Waals surface area contributed by atoms with Crippen LogP contribution in [0.2, 0.25) is 0 Å². The van der Waals surface area contributed by atoms with Gasteiger partial charge in [0.1, 0.15) is 0 Å². The fourth-order valence-electron chi connectivity index (χ4n) is 3.46. The number of nitrogens with two attached hydrogens (primary N) is 2. The Morgan fingerprint density at radius 1 is 0.543 bits per heavy atom. The molecule has 46 heavy (non-hydrogen) atoms. The maximum absolute atomic E-state index is 9.08. The van der Waals surface area contributed by atoms with Gasteiger partial charge in [0.05, 0.1) is 31.7 Å². The molecular formula is C32H38N4O6S4. The summed E-state index contributed by atoms with van der Waals surface area (Å²) in [7, 11) is -3.98. The molecule has 0 radical (unpaired) electrons. The number of hydrogen-bond donors (Lipinski definition) is 2. The van der Waals surface area contributed by atoms with Gasteiger partial charge in [0.25, 0.3) is 0 Å². The zero-order chi connectivity index (χ0) is 34.0. The van der Waals surface area contributed by atoms with Crippen LogP contribution in [0.1, 0.15) is 22.3 Å². The Morgan fingerprint density at radius 3 is 1.04 bits per heavy atom. The predicted molar refractivity (Wildman–Crippen MR) is 189 cm³/mol. The maximum Gasteiger partial charge on any atom is 0.169 e. The summed E-state index contributed by atoms with van der Waals surface area (Å²) in [5.74, 6) is 2.16. The van der Waals surface area contributed by atoms with Gasteiger partial charge in [-0.1, -0.05) is 70.2 Å². The summed E-state index contributed by atoms with van der Waals surface area (Å²) in [4.78, 5) is 0. The van der Waals surface area contributed by atoms with Crippen molar-refractivity contribution in [2.24, 2.45) is 0 Å². The summed E-state index contributed by atoms with van der Waals surface area (Å²) in [6, 6.07) is 24.4. The van der Waals surface area contributed by atoms with Crippen molar-refractivity contribution in [2.75, 3.05) is 35.5 Å². The molecule has 2 aromatic carbocycles. The molecule has 0 aliphatic heterocycles. The highest BCUT2D eigenvalue weighted by Crippen LogP contribution is 2.20. The minimum Gasteiger partial charge on any atom is -0.748 e. The first-order valence-corrected chi connectivity index (χ1v) is 19.9. The molecule has 2 aromatic heterocycles. The smallest absolute Gasteiger partial charge is 0.169 e. The summed E-state index contributed by atoms with van der Waals surface area (Å²) in [6.07, 6.45) is 18.3. The average Bonchev–Trinajstić information content (AvgIpc) is 2.98. The van der Waals surface area contributed by atoms with Gasteiger partial charge in [0, 0.05) is 48.2 Å². The molecule has 0 saturated carbocycles. The Bertz CT molecular complexity index is 1600.